The third-order valence-corrected chi connectivity index (χ3v) is 5.33. The van der Waals surface area contributed by atoms with Crippen molar-refractivity contribution in [2.45, 2.75) is 0 Å². The number of benzene rings is 3. The molecular formula is C25H19ClN2O4. The molecule has 0 radical (unpaired) electrons. The third-order valence-electron chi connectivity index (χ3n) is 5.00. The molecule has 0 atom stereocenters. The lowest BCUT2D eigenvalue weighted by Gasteiger charge is -2.11. The van der Waals surface area contributed by atoms with Gasteiger partial charge in [0.25, 0.3) is 0 Å². The number of esters is 2. The monoisotopic (exact) mass is 446 g/mol. The van der Waals surface area contributed by atoms with Crippen molar-refractivity contribution in [3.8, 4) is 28.1 Å². The van der Waals surface area contributed by atoms with Gasteiger partial charge in [-0.1, -0.05) is 72.3 Å². The van der Waals surface area contributed by atoms with E-state index in [4.69, 9.17) is 21.1 Å². The Morgan fingerprint density at radius 3 is 1.94 bits per heavy atom. The molecule has 0 aliphatic carbocycles. The minimum absolute atomic E-state index is 0.0164. The summed E-state index contributed by atoms with van der Waals surface area (Å²) in [6, 6.07) is 23.8. The maximum Gasteiger partial charge on any atom is 0.357 e. The van der Waals surface area contributed by atoms with Crippen molar-refractivity contribution < 1.29 is 19.1 Å². The molecule has 0 aliphatic heterocycles. The van der Waals surface area contributed by atoms with E-state index in [1.54, 1.807) is 18.2 Å². The van der Waals surface area contributed by atoms with E-state index in [2.05, 4.69) is 5.10 Å². The maximum absolute atomic E-state index is 12.9. The van der Waals surface area contributed by atoms with Crippen LogP contribution in [0.25, 0.3) is 28.1 Å². The molecule has 3 aromatic carbocycles. The van der Waals surface area contributed by atoms with E-state index >= 15 is 0 Å². The molecule has 7 heteroatoms. The second-order valence-electron chi connectivity index (χ2n) is 6.83. The van der Waals surface area contributed by atoms with Crippen LogP contribution in [0, 0.1) is 0 Å². The number of halogens is 1. The van der Waals surface area contributed by atoms with Gasteiger partial charge in [-0.3, -0.25) is 0 Å². The summed E-state index contributed by atoms with van der Waals surface area (Å²) in [6.07, 6.45) is 0. The van der Waals surface area contributed by atoms with Crippen LogP contribution in [-0.2, 0) is 9.47 Å². The summed E-state index contributed by atoms with van der Waals surface area (Å²) < 4.78 is 11.4. The summed E-state index contributed by atoms with van der Waals surface area (Å²) in [5.41, 5.74) is 3.04. The Bertz CT molecular complexity index is 1300. The molecule has 0 aliphatic rings. The van der Waals surface area contributed by atoms with Crippen molar-refractivity contribution in [3.05, 3.63) is 95.1 Å². The molecule has 160 valence electrons. The maximum atomic E-state index is 12.9. The zero-order chi connectivity index (χ0) is 22.7. The second kappa shape index (κ2) is 9.08. The van der Waals surface area contributed by atoms with Crippen LogP contribution in [0.15, 0.2) is 78.9 Å². The molecule has 4 rings (SSSR count). The number of carbonyl (C=O) groups excluding carboxylic acids is 2. The molecule has 0 bridgehead atoms. The Morgan fingerprint density at radius 2 is 1.31 bits per heavy atom. The van der Waals surface area contributed by atoms with Crippen molar-refractivity contribution in [3.63, 3.8) is 0 Å². The molecule has 0 fully saturated rings. The fraction of sp³-hybridized carbons (Fsp3) is 0.0800. The summed E-state index contributed by atoms with van der Waals surface area (Å²) >= 11 is 6.46. The van der Waals surface area contributed by atoms with Crippen molar-refractivity contribution in [1.29, 1.82) is 0 Å². The number of aromatic nitrogens is 2. The number of ether oxygens (including phenoxy) is 2. The summed E-state index contributed by atoms with van der Waals surface area (Å²) in [5.74, 6) is -1.40. The summed E-state index contributed by atoms with van der Waals surface area (Å²) in [5, 5.41) is 5.23. The number of hydrogen-bond donors (Lipinski definition) is 0. The van der Waals surface area contributed by atoms with E-state index in [0.717, 1.165) is 11.1 Å². The van der Waals surface area contributed by atoms with Gasteiger partial charge in [0.15, 0.2) is 5.69 Å². The van der Waals surface area contributed by atoms with E-state index in [0.29, 0.717) is 16.3 Å². The van der Waals surface area contributed by atoms with Crippen LogP contribution < -0.4 is 0 Å². The predicted octanol–water partition coefficient (Wildman–Crippen LogP) is 5.43. The Labute approximate surface area is 190 Å². The topological polar surface area (TPSA) is 70.4 Å². The average molecular weight is 447 g/mol. The number of methoxy groups -OCH3 is 2. The molecule has 0 spiro atoms. The minimum atomic E-state index is -0.705. The van der Waals surface area contributed by atoms with Crippen LogP contribution in [0.2, 0.25) is 5.02 Å². The zero-order valence-electron chi connectivity index (χ0n) is 17.4. The highest BCUT2D eigenvalue weighted by Gasteiger charge is 2.32. The highest BCUT2D eigenvalue weighted by atomic mass is 35.5. The molecule has 0 amide bonds. The first-order valence-corrected chi connectivity index (χ1v) is 10.1. The molecule has 1 aromatic heterocycles. The zero-order valence-corrected chi connectivity index (χ0v) is 18.2. The molecule has 0 unspecified atom stereocenters. The number of hydrogen-bond acceptors (Lipinski definition) is 5. The van der Waals surface area contributed by atoms with Gasteiger partial charge in [0.1, 0.15) is 11.3 Å². The third kappa shape index (κ3) is 3.76. The first-order chi connectivity index (χ1) is 15.6. The summed E-state index contributed by atoms with van der Waals surface area (Å²) in [4.78, 5) is 25.7. The van der Waals surface area contributed by atoms with E-state index in [1.807, 2.05) is 60.7 Å². The predicted molar refractivity (Wildman–Crippen MR) is 122 cm³/mol. The lowest BCUT2D eigenvalue weighted by Crippen LogP contribution is -2.15. The SMILES string of the molecule is COC(=O)c1c(-c2ccccc2-c2ccccc2Cl)nn(-c2ccccc2)c1C(=O)OC. The van der Waals surface area contributed by atoms with Crippen LogP contribution in [-0.4, -0.2) is 35.9 Å². The van der Waals surface area contributed by atoms with E-state index in [-0.39, 0.29) is 17.0 Å². The Kier molecular flexibility index (Phi) is 6.05. The van der Waals surface area contributed by atoms with Gasteiger partial charge in [-0.25, -0.2) is 14.3 Å². The number of rotatable bonds is 5. The molecular weight excluding hydrogens is 428 g/mol. The van der Waals surface area contributed by atoms with Crippen molar-refractivity contribution in [1.82, 2.24) is 9.78 Å². The van der Waals surface area contributed by atoms with Gasteiger partial charge in [-0.2, -0.15) is 5.10 Å². The lowest BCUT2D eigenvalue weighted by atomic mass is 9.95. The fourth-order valence-corrected chi connectivity index (χ4v) is 3.78. The van der Waals surface area contributed by atoms with Crippen LogP contribution in [0.5, 0.6) is 0 Å². The quantitative estimate of drug-likeness (QED) is 0.382. The largest absolute Gasteiger partial charge is 0.465 e. The van der Waals surface area contributed by atoms with Crippen LogP contribution >= 0.6 is 11.6 Å². The van der Waals surface area contributed by atoms with Gasteiger partial charge in [0.2, 0.25) is 0 Å². The fourth-order valence-electron chi connectivity index (χ4n) is 3.55. The molecule has 32 heavy (non-hydrogen) atoms. The van der Waals surface area contributed by atoms with Crippen LogP contribution in [0.1, 0.15) is 20.8 Å². The van der Waals surface area contributed by atoms with E-state index < -0.39 is 11.9 Å². The molecule has 1 heterocycles. The van der Waals surface area contributed by atoms with Crippen molar-refractivity contribution in [2.75, 3.05) is 14.2 Å². The number of nitrogens with zero attached hydrogens (tertiary/aromatic N) is 2. The van der Waals surface area contributed by atoms with E-state index in [9.17, 15) is 9.59 Å². The summed E-state index contributed by atoms with van der Waals surface area (Å²) in [6.45, 7) is 0. The summed E-state index contributed by atoms with van der Waals surface area (Å²) in [7, 11) is 2.51. The molecule has 6 nitrogen and oxygen atoms in total. The normalized spacial score (nSPS) is 10.6. The smallest absolute Gasteiger partial charge is 0.357 e. The van der Waals surface area contributed by atoms with E-state index in [1.165, 1.54) is 18.9 Å². The Hall–Kier alpha value is -3.90. The van der Waals surface area contributed by atoms with Gasteiger partial charge >= 0.3 is 11.9 Å². The molecule has 0 saturated carbocycles. The molecule has 0 saturated heterocycles. The second-order valence-corrected chi connectivity index (χ2v) is 7.24. The van der Waals surface area contributed by atoms with Crippen LogP contribution in [0.3, 0.4) is 0 Å². The number of carbonyl (C=O) groups is 2. The number of para-hydroxylation sites is 1. The molecule has 4 aromatic rings. The van der Waals surface area contributed by atoms with Crippen LogP contribution in [0.4, 0.5) is 0 Å². The van der Waals surface area contributed by atoms with Crippen molar-refractivity contribution >= 4 is 23.5 Å². The lowest BCUT2D eigenvalue weighted by molar-refractivity contribution is 0.0549. The van der Waals surface area contributed by atoms with Gasteiger partial charge in [0, 0.05) is 16.1 Å². The van der Waals surface area contributed by atoms with Gasteiger partial charge < -0.3 is 9.47 Å². The highest BCUT2D eigenvalue weighted by Crippen LogP contribution is 2.38. The van der Waals surface area contributed by atoms with Gasteiger partial charge in [-0.15, -0.1) is 0 Å². The standard InChI is InChI=1S/C25H19ClN2O4/c1-31-24(29)21-22(19-14-7-6-12-17(19)18-13-8-9-15-20(18)26)27-28(23(21)25(30)32-2)16-10-4-3-5-11-16/h3-15H,1-2H3. The average Bonchev–Trinajstić information content (AvgIpc) is 3.24. The van der Waals surface area contributed by atoms with Gasteiger partial charge in [0.05, 0.1) is 19.9 Å². The minimum Gasteiger partial charge on any atom is -0.465 e. The molecule has 0 N–H and O–H groups in total. The van der Waals surface area contributed by atoms with Gasteiger partial charge in [-0.05, 0) is 23.8 Å². The Morgan fingerprint density at radius 1 is 0.750 bits per heavy atom. The van der Waals surface area contributed by atoms with Crippen molar-refractivity contribution in [2.24, 2.45) is 0 Å². The first kappa shape index (κ1) is 21.3. The Balaban J connectivity index is 2.07. The highest BCUT2D eigenvalue weighted by molar-refractivity contribution is 6.33. The first-order valence-electron chi connectivity index (χ1n) is 9.76.